The first kappa shape index (κ1) is 27.4. The summed E-state index contributed by atoms with van der Waals surface area (Å²) in [5.41, 5.74) is 3.23. The summed E-state index contributed by atoms with van der Waals surface area (Å²) in [6.07, 6.45) is 0.889. The van der Waals surface area contributed by atoms with E-state index in [0.29, 0.717) is 45.8 Å². The van der Waals surface area contributed by atoms with Gasteiger partial charge in [-0.25, -0.2) is 4.79 Å². The van der Waals surface area contributed by atoms with Gasteiger partial charge in [0.2, 0.25) is 0 Å². The van der Waals surface area contributed by atoms with Crippen molar-refractivity contribution in [2.45, 2.75) is 38.5 Å². The number of hydrogen-bond acceptors (Lipinski definition) is 7. The molecule has 37 heavy (non-hydrogen) atoms. The van der Waals surface area contributed by atoms with Gasteiger partial charge in [-0.1, -0.05) is 23.7 Å². The van der Waals surface area contributed by atoms with Crippen LogP contribution in [0.25, 0.3) is 0 Å². The van der Waals surface area contributed by atoms with Crippen molar-refractivity contribution in [3.63, 3.8) is 0 Å². The van der Waals surface area contributed by atoms with E-state index in [1.54, 1.807) is 19.1 Å². The summed E-state index contributed by atoms with van der Waals surface area (Å²) < 4.78 is 16.6. The number of ketones is 1. The van der Waals surface area contributed by atoms with Gasteiger partial charge in [-0.05, 0) is 77.5 Å². The molecule has 0 aromatic heterocycles. The second kappa shape index (κ2) is 11.8. The van der Waals surface area contributed by atoms with Crippen LogP contribution in [0.5, 0.6) is 11.5 Å². The minimum absolute atomic E-state index is 0.00759. The van der Waals surface area contributed by atoms with Crippen LogP contribution in [0.4, 0.5) is 0 Å². The van der Waals surface area contributed by atoms with Crippen LogP contribution in [0.15, 0.2) is 57.1 Å². The van der Waals surface area contributed by atoms with E-state index in [9.17, 15) is 14.7 Å². The molecule has 196 valence electrons. The van der Waals surface area contributed by atoms with Crippen molar-refractivity contribution < 1.29 is 28.9 Å². The van der Waals surface area contributed by atoms with Crippen LogP contribution in [0.3, 0.4) is 0 Å². The van der Waals surface area contributed by atoms with Gasteiger partial charge in [0, 0.05) is 35.9 Å². The highest BCUT2D eigenvalue weighted by Gasteiger charge is 2.46. The molecule has 0 bridgehead atoms. The van der Waals surface area contributed by atoms with Crippen molar-refractivity contribution in [3.8, 4) is 11.5 Å². The van der Waals surface area contributed by atoms with E-state index in [1.807, 2.05) is 31.2 Å². The number of fused-ring (bicyclic) bond motifs is 1. The molecule has 2 aliphatic rings. The Morgan fingerprint density at radius 2 is 1.86 bits per heavy atom. The lowest BCUT2D eigenvalue weighted by Crippen LogP contribution is -2.41. The fourth-order valence-corrected chi connectivity index (χ4v) is 5.69. The van der Waals surface area contributed by atoms with Gasteiger partial charge in [-0.2, -0.15) is 0 Å². The molecule has 1 N–H and O–H groups in total. The van der Waals surface area contributed by atoms with E-state index in [0.717, 1.165) is 11.3 Å². The number of rotatable bonds is 8. The van der Waals surface area contributed by atoms with Crippen molar-refractivity contribution >= 4 is 45.0 Å². The Morgan fingerprint density at radius 3 is 2.54 bits per heavy atom. The second-order valence-electron chi connectivity index (χ2n) is 9.09. The normalized spacial score (nSPS) is 21.4. The number of Topliss-reactive ketones (excluding diaryl/α,β-unsaturated/α-hetero) is 1. The smallest absolute Gasteiger partial charge is 0.336 e. The topological polar surface area (TPSA) is 94.4 Å². The van der Waals surface area contributed by atoms with Gasteiger partial charge < -0.3 is 19.3 Å². The first-order valence-electron chi connectivity index (χ1n) is 12.1. The van der Waals surface area contributed by atoms with Crippen LogP contribution < -0.4 is 4.74 Å². The van der Waals surface area contributed by atoms with Gasteiger partial charge in [-0.15, -0.1) is 0 Å². The highest BCUT2D eigenvalue weighted by atomic mass is 79.9. The Morgan fingerprint density at radius 1 is 1.14 bits per heavy atom. The van der Waals surface area contributed by atoms with E-state index < -0.39 is 17.8 Å². The van der Waals surface area contributed by atoms with Gasteiger partial charge >= 0.3 is 5.97 Å². The minimum Gasteiger partial charge on any atom is -0.503 e. The molecule has 7 nitrogen and oxygen atoms in total. The van der Waals surface area contributed by atoms with E-state index in [4.69, 9.17) is 30.8 Å². The predicted octanol–water partition coefficient (Wildman–Crippen LogP) is 5.97. The van der Waals surface area contributed by atoms with Gasteiger partial charge in [-0.3, -0.25) is 9.79 Å². The van der Waals surface area contributed by atoms with Crippen LogP contribution in [-0.4, -0.2) is 49.5 Å². The maximum absolute atomic E-state index is 13.8. The lowest BCUT2D eigenvalue weighted by molar-refractivity contribution is -0.140. The Balaban J connectivity index is 1.80. The minimum atomic E-state index is -0.641. The molecule has 1 aliphatic carbocycles. The average Bonchev–Trinajstić information content (AvgIpc) is 2.86. The molecule has 1 saturated carbocycles. The van der Waals surface area contributed by atoms with Crippen molar-refractivity contribution in [2.75, 3.05) is 26.9 Å². The molecule has 1 fully saturated rings. The monoisotopic (exact) mass is 589 g/mol. The fourth-order valence-electron chi connectivity index (χ4n) is 5.11. The van der Waals surface area contributed by atoms with E-state index in [-0.39, 0.29) is 36.4 Å². The number of aromatic hydroxyl groups is 1. The van der Waals surface area contributed by atoms with E-state index in [2.05, 4.69) is 15.9 Å². The fraction of sp³-hybridized carbons (Fsp3) is 0.393. The van der Waals surface area contributed by atoms with Gasteiger partial charge in [0.25, 0.3) is 0 Å². The lowest BCUT2D eigenvalue weighted by Gasteiger charge is -2.38. The molecule has 9 heteroatoms. The number of esters is 1. The molecule has 2 aromatic rings. The number of phenolic OH excluding ortho intramolecular Hbond substituents is 1. The van der Waals surface area contributed by atoms with Gasteiger partial charge in [0.15, 0.2) is 11.5 Å². The molecule has 1 aliphatic heterocycles. The second-order valence-corrected chi connectivity index (χ2v) is 10.4. The number of hydrogen-bond donors (Lipinski definition) is 1. The van der Waals surface area contributed by atoms with Gasteiger partial charge in [0.05, 0.1) is 29.2 Å². The third-order valence-corrected chi connectivity index (χ3v) is 7.60. The average molecular weight is 591 g/mol. The summed E-state index contributed by atoms with van der Waals surface area (Å²) in [5.74, 6) is -1.64. The summed E-state index contributed by atoms with van der Waals surface area (Å²) in [6.45, 7) is 4.25. The number of phenols is 1. The molecule has 4 rings (SSSR count). The zero-order chi connectivity index (χ0) is 26.7. The summed E-state index contributed by atoms with van der Waals surface area (Å²) in [5, 5.41) is 11.1. The molecule has 1 unspecified atom stereocenters. The Bertz CT molecular complexity index is 1260. The van der Waals surface area contributed by atoms with E-state index >= 15 is 0 Å². The molecule has 0 amide bonds. The lowest BCUT2D eigenvalue weighted by atomic mass is 9.66. The number of carbonyl (C=O) groups is 2. The van der Waals surface area contributed by atoms with Crippen molar-refractivity contribution in [2.24, 2.45) is 10.9 Å². The predicted molar refractivity (Wildman–Crippen MR) is 145 cm³/mol. The number of carbonyl (C=O) groups excluding carboxylic acids is 2. The third kappa shape index (κ3) is 5.76. The van der Waals surface area contributed by atoms with Crippen molar-refractivity contribution in [3.05, 3.63) is 68.3 Å². The first-order chi connectivity index (χ1) is 17.7. The first-order valence-corrected chi connectivity index (χ1v) is 13.3. The summed E-state index contributed by atoms with van der Waals surface area (Å²) >= 11 is 9.47. The third-order valence-electron chi connectivity index (χ3n) is 6.75. The molecule has 0 radical (unpaired) electrons. The molecule has 0 spiro atoms. The summed E-state index contributed by atoms with van der Waals surface area (Å²) in [6, 6.07) is 10.9. The standard InChI is InChI=1S/C28H29BrClNO6/c1-4-36-23-14-18(11-20(29)27(23)33)25-24(28(34)37-10-9-35-3)15(2)31-21-12-17(13-22(32)26(21)25)16-5-7-19(30)8-6-16/h5-8,11,14,17,25-26,33H,4,9-10,12-13H2,1-3H3/t17-,25-,26?/m0/s1. The number of nitrogens with zero attached hydrogens (tertiary/aromatic N) is 1. The molecular weight excluding hydrogens is 562 g/mol. The number of methoxy groups -OCH3 is 1. The number of allylic oxidation sites excluding steroid dienone is 1. The number of benzene rings is 2. The summed E-state index contributed by atoms with van der Waals surface area (Å²) in [4.78, 5) is 31.9. The molecular formula is C28H29BrClNO6. The molecule has 0 saturated heterocycles. The Kier molecular flexibility index (Phi) is 8.72. The molecule has 1 heterocycles. The Hall–Kier alpha value is -2.68. The van der Waals surface area contributed by atoms with Crippen LogP contribution in [0, 0.1) is 5.92 Å². The van der Waals surface area contributed by atoms with Crippen LogP contribution in [0.2, 0.25) is 5.02 Å². The zero-order valence-corrected chi connectivity index (χ0v) is 23.3. The maximum atomic E-state index is 13.8. The highest BCUT2D eigenvalue weighted by Crippen LogP contribution is 2.48. The number of aliphatic imine (C=N–C) groups is 1. The van der Waals surface area contributed by atoms with Gasteiger partial charge in [0.1, 0.15) is 12.4 Å². The largest absolute Gasteiger partial charge is 0.503 e. The van der Waals surface area contributed by atoms with Crippen molar-refractivity contribution in [1.29, 1.82) is 0 Å². The zero-order valence-electron chi connectivity index (χ0n) is 20.9. The quantitative estimate of drug-likeness (QED) is 0.301. The highest BCUT2D eigenvalue weighted by molar-refractivity contribution is 9.10. The molecule has 3 atom stereocenters. The van der Waals surface area contributed by atoms with Crippen LogP contribution in [0.1, 0.15) is 49.7 Å². The van der Waals surface area contributed by atoms with E-state index in [1.165, 1.54) is 7.11 Å². The maximum Gasteiger partial charge on any atom is 0.336 e. The number of halogens is 2. The van der Waals surface area contributed by atoms with Crippen LogP contribution in [-0.2, 0) is 19.1 Å². The summed E-state index contributed by atoms with van der Waals surface area (Å²) in [7, 11) is 1.53. The van der Waals surface area contributed by atoms with Crippen LogP contribution >= 0.6 is 27.5 Å². The Labute approximate surface area is 229 Å². The van der Waals surface area contributed by atoms with Crippen molar-refractivity contribution in [1.82, 2.24) is 0 Å². The molecule has 2 aromatic carbocycles. The number of ether oxygens (including phenoxy) is 3. The SMILES string of the molecule is CCOc1cc([C@H]2C(C(=O)OCCOC)=C(C)N=C3C[C@H](c4ccc(Cl)cc4)CC(=O)C32)cc(Br)c1O.